The van der Waals surface area contributed by atoms with Crippen LogP contribution in [0.15, 0.2) is 24.3 Å². The Balaban J connectivity index is 2.17. The van der Waals surface area contributed by atoms with E-state index in [4.69, 9.17) is 19.7 Å². The third-order valence-electron chi connectivity index (χ3n) is 3.41. The Hall–Kier alpha value is -1.71. The third-order valence-corrected chi connectivity index (χ3v) is 3.41. The topological polar surface area (TPSA) is 137 Å². The minimum absolute atomic E-state index is 0.175. The SMILES string of the molecule is O=C(O)Cc1ccccc1O[C@@H]1O[C@H](CO)[C@@H](O)[C@H](O)[C@H]1O. The highest BCUT2D eigenvalue weighted by Crippen LogP contribution is 2.26. The Morgan fingerprint density at radius 3 is 2.45 bits per heavy atom. The highest BCUT2D eigenvalue weighted by molar-refractivity contribution is 5.71. The maximum absolute atomic E-state index is 10.8. The van der Waals surface area contributed by atoms with Crippen molar-refractivity contribution < 1.29 is 39.8 Å². The first-order valence-corrected chi connectivity index (χ1v) is 6.71. The van der Waals surface area contributed by atoms with Gasteiger partial charge in [-0.2, -0.15) is 0 Å². The average Bonchev–Trinajstić information content (AvgIpc) is 2.49. The molecule has 1 saturated heterocycles. The van der Waals surface area contributed by atoms with Crippen LogP contribution in [-0.2, 0) is 16.0 Å². The molecule has 122 valence electrons. The molecule has 22 heavy (non-hydrogen) atoms. The Morgan fingerprint density at radius 2 is 1.82 bits per heavy atom. The fraction of sp³-hybridized carbons (Fsp3) is 0.500. The lowest BCUT2D eigenvalue weighted by Crippen LogP contribution is -2.60. The largest absolute Gasteiger partial charge is 0.481 e. The van der Waals surface area contributed by atoms with Crippen molar-refractivity contribution in [3.8, 4) is 5.75 Å². The van der Waals surface area contributed by atoms with E-state index in [1.165, 1.54) is 6.07 Å². The molecular formula is C14H18O8. The van der Waals surface area contributed by atoms with Gasteiger partial charge in [-0.15, -0.1) is 0 Å². The number of aliphatic hydroxyl groups excluding tert-OH is 4. The lowest BCUT2D eigenvalue weighted by molar-refractivity contribution is -0.277. The van der Waals surface area contributed by atoms with Crippen LogP contribution in [0.3, 0.4) is 0 Å². The summed E-state index contributed by atoms with van der Waals surface area (Å²) in [7, 11) is 0. The van der Waals surface area contributed by atoms with Gasteiger partial charge in [0.15, 0.2) is 0 Å². The first kappa shape index (κ1) is 16.7. The molecule has 1 aromatic carbocycles. The molecular weight excluding hydrogens is 296 g/mol. The Kier molecular flexibility index (Phi) is 5.33. The van der Waals surface area contributed by atoms with Crippen molar-refractivity contribution in [2.45, 2.75) is 37.1 Å². The molecule has 1 fully saturated rings. The lowest BCUT2D eigenvalue weighted by Gasteiger charge is -2.39. The molecule has 0 unspecified atom stereocenters. The van der Waals surface area contributed by atoms with Crippen LogP contribution in [0, 0.1) is 0 Å². The summed E-state index contributed by atoms with van der Waals surface area (Å²) in [5.41, 5.74) is 0.368. The van der Waals surface area contributed by atoms with E-state index in [0.29, 0.717) is 5.56 Å². The fourth-order valence-corrected chi connectivity index (χ4v) is 2.22. The number of hydrogen-bond acceptors (Lipinski definition) is 7. The Labute approximate surface area is 126 Å². The van der Waals surface area contributed by atoms with Gasteiger partial charge in [0.05, 0.1) is 13.0 Å². The van der Waals surface area contributed by atoms with Gasteiger partial charge in [-0.05, 0) is 6.07 Å². The number of para-hydroxylation sites is 1. The second-order valence-electron chi connectivity index (χ2n) is 4.99. The molecule has 8 nitrogen and oxygen atoms in total. The lowest BCUT2D eigenvalue weighted by atomic mass is 9.99. The Bertz CT molecular complexity index is 517. The summed E-state index contributed by atoms with van der Waals surface area (Å²) in [6, 6.07) is 6.30. The summed E-state index contributed by atoms with van der Waals surface area (Å²) in [5, 5.41) is 47.3. The number of benzene rings is 1. The van der Waals surface area contributed by atoms with E-state index in [-0.39, 0.29) is 12.2 Å². The summed E-state index contributed by atoms with van der Waals surface area (Å²) >= 11 is 0. The first-order valence-electron chi connectivity index (χ1n) is 6.71. The number of aliphatic carboxylic acids is 1. The molecule has 5 N–H and O–H groups in total. The van der Waals surface area contributed by atoms with Crippen LogP contribution >= 0.6 is 0 Å². The molecule has 0 amide bonds. The minimum Gasteiger partial charge on any atom is -0.481 e. The maximum atomic E-state index is 10.8. The molecule has 0 bridgehead atoms. The quantitative estimate of drug-likeness (QED) is 0.442. The summed E-state index contributed by atoms with van der Waals surface area (Å²) < 4.78 is 10.6. The van der Waals surface area contributed by atoms with Crippen LogP contribution in [0.2, 0.25) is 0 Å². The van der Waals surface area contributed by atoms with Gasteiger partial charge in [0.1, 0.15) is 30.2 Å². The standard InChI is InChI=1S/C14H18O8/c15-6-9-11(18)12(19)13(20)14(22-9)21-8-4-2-1-3-7(8)5-10(16)17/h1-4,9,11-15,18-20H,5-6H2,(H,16,17)/t9-,11-,12+,13-,14-/m1/s1. The van der Waals surface area contributed by atoms with E-state index in [2.05, 4.69) is 0 Å². The van der Waals surface area contributed by atoms with E-state index in [1.807, 2.05) is 0 Å². The number of ether oxygens (including phenoxy) is 2. The average molecular weight is 314 g/mol. The molecule has 0 aliphatic carbocycles. The van der Waals surface area contributed by atoms with Gasteiger partial charge in [0.25, 0.3) is 0 Å². The summed E-state index contributed by atoms with van der Waals surface area (Å²) in [6.07, 6.45) is -7.29. The molecule has 2 rings (SSSR count). The van der Waals surface area contributed by atoms with Crippen LogP contribution < -0.4 is 4.74 Å². The number of rotatable bonds is 5. The van der Waals surface area contributed by atoms with Gasteiger partial charge < -0.3 is 35.0 Å². The zero-order valence-electron chi connectivity index (χ0n) is 11.6. The molecule has 0 aromatic heterocycles. The van der Waals surface area contributed by atoms with Crippen LogP contribution in [0.1, 0.15) is 5.56 Å². The molecule has 1 aliphatic rings. The zero-order valence-corrected chi connectivity index (χ0v) is 11.6. The normalized spacial score (nSPS) is 31.7. The van der Waals surface area contributed by atoms with E-state index in [0.717, 1.165) is 0 Å². The Morgan fingerprint density at radius 1 is 1.14 bits per heavy atom. The van der Waals surface area contributed by atoms with Crippen molar-refractivity contribution in [3.63, 3.8) is 0 Å². The minimum atomic E-state index is -1.55. The molecule has 1 heterocycles. The summed E-state index contributed by atoms with van der Waals surface area (Å²) in [6.45, 7) is -0.568. The smallest absolute Gasteiger partial charge is 0.307 e. The highest BCUT2D eigenvalue weighted by atomic mass is 16.7. The van der Waals surface area contributed by atoms with Crippen LogP contribution in [0.4, 0.5) is 0 Å². The van der Waals surface area contributed by atoms with Crippen LogP contribution in [0.25, 0.3) is 0 Å². The van der Waals surface area contributed by atoms with Crippen LogP contribution in [0.5, 0.6) is 5.75 Å². The molecule has 5 atom stereocenters. The predicted molar refractivity (Wildman–Crippen MR) is 72.2 cm³/mol. The molecule has 0 spiro atoms. The summed E-state index contributed by atoms with van der Waals surface area (Å²) in [4.78, 5) is 10.8. The van der Waals surface area contributed by atoms with Crippen molar-refractivity contribution in [3.05, 3.63) is 29.8 Å². The second kappa shape index (κ2) is 7.03. The highest BCUT2D eigenvalue weighted by Gasteiger charge is 2.44. The van der Waals surface area contributed by atoms with Gasteiger partial charge in [0, 0.05) is 5.56 Å². The van der Waals surface area contributed by atoms with Crippen molar-refractivity contribution in [1.82, 2.24) is 0 Å². The van der Waals surface area contributed by atoms with E-state index < -0.39 is 43.3 Å². The maximum Gasteiger partial charge on any atom is 0.307 e. The van der Waals surface area contributed by atoms with Gasteiger partial charge in [-0.1, -0.05) is 18.2 Å². The molecule has 0 saturated carbocycles. The number of carbonyl (C=O) groups is 1. The monoisotopic (exact) mass is 314 g/mol. The van der Waals surface area contributed by atoms with Crippen molar-refractivity contribution >= 4 is 5.97 Å². The van der Waals surface area contributed by atoms with Gasteiger partial charge in [0.2, 0.25) is 6.29 Å². The van der Waals surface area contributed by atoms with Crippen molar-refractivity contribution in [2.24, 2.45) is 0 Å². The van der Waals surface area contributed by atoms with Gasteiger partial charge in [-0.3, -0.25) is 4.79 Å². The number of carboxylic acid groups (broad SMARTS) is 1. The zero-order chi connectivity index (χ0) is 16.3. The summed E-state index contributed by atoms with van der Waals surface area (Å²) in [5.74, 6) is -0.876. The van der Waals surface area contributed by atoms with Gasteiger partial charge >= 0.3 is 5.97 Å². The van der Waals surface area contributed by atoms with E-state index in [1.54, 1.807) is 18.2 Å². The van der Waals surface area contributed by atoms with E-state index in [9.17, 15) is 20.1 Å². The third kappa shape index (κ3) is 3.54. The van der Waals surface area contributed by atoms with E-state index >= 15 is 0 Å². The second-order valence-corrected chi connectivity index (χ2v) is 4.99. The number of hydrogen-bond donors (Lipinski definition) is 5. The molecule has 1 aromatic rings. The fourth-order valence-electron chi connectivity index (χ4n) is 2.22. The van der Waals surface area contributed by atoms with Crippen LogP contribution in [-0.4, -0.2) is 68.8 Å². The van der Waals surface area contributed by atoms with Gasteiger partial charge in [-0.25, -0.2) is 0 Å². The number of carboxylic acids is 1. The first-order chi connectivity index (χ1) is 10.4. The van der Waals surface area contributed by atoms with Crippen molar-refractivity contribution in [1.29, 1.82) is 0 Å². The molecule has 1 aliphatic heterocycles. The molecule has 8 heteroatoms. The van der Waals surface area contributed by atoms with Crippen molar-refractivity contribution in [2.75, 3.05) is 6.61 Å². The molecule has 0 radical (unpaired) electrons. The predicted octanol–water partition coefficient (Wildman–Crippen LogP) is -1.51. The number of aliphatic hydroxyl groups is 4.